The van der Waals surface area contributed by atoms with Crippen molar-refractivity contribution in [2.45, 2.75) is 4.90 Å². The van der Waals surface area contributed by atoms with E-state index in [1.54, 1.807) is 0 Å². The molecule has 0 amide bonds. The van der Waals surface area contributed by atoms with E-state index in [1.165, 1.54) is 0 Å². The van der Waals surface area contributed by atoms with Gasteiger partial charge in [-0.3, -0.25) is 0 Å². The largest absolute Gasteiger partial charge is 0.606 e. The van der Waals surface area contributed by atoms with Gasteiger partial charge in [-0.1, -0.05) is 34.1 Å². The molecule has 1 unspecified atom stereocenters. The van der Waals surface area contributed by atoms with E-state index in [4.69, 9.17) is 4.74 Å². The highest BCUT2D eigenvalue weighted by Crippen LogP contribution is 2.37. The lowest BCUT2D eigenvalue weighted by molar-refractivity contribution is 0.357. The molecule has 4 heteroatoms. The summed E-state index contributed by atoms with van der Waals surface area (Å²) in [5.41, 5.74) is 0.900. The quantitative estimate of drug-likeness (QED) is 0.778. The fourth-order valence-electron chi connectivity index (χ4n) is 1.98. The third-order valence-electron chi connectivity index (χ3n) is 2.87. The van der Waals surface area contributed by atoms with Gasteiger partial charge in [0.1, 0.15) is 12.4 Å². The third kappa shape index (κ3) is 2.56. The Labute approximate surface area is 123 Å². The first-order valence-corrected chi connectivity index (χ1v) is 7.80. The van der Waals surface area contributed by atoms with E-state index in [0.717, 1.165) is 25.6 Å². The zero-order valence-corrected chi connectivity index (χ0v) is 12.4. The zero-order valence-electron chi connectivity index (χ0n) is 10.0. The minimum atomic E-state index is -1.17. The first-order chi connectivity index (χ1) is 9.25. The van der Waals surface area contributed by atoms with E-state index in [9.17, 15) is 4.55 Å². The molecule has 19 heavy (non-hydrogen) atoms. The normalized spacial score (nSPS) is 15.2. The summed E-state index contributed by atoms with van der Waals surface area (Å²) in [6.45, 7) is 0.456. The molecule has 0 N–H and O–H groups in total. The summed E-state index contributed by atoms with van der Waals surface area (Å²) in [6, 6.07) is 15.3. The molecular weight excluding hydrogens is 324 g/mol. The highest BCUT2D eigenvalue weighted by Gasteiger charge is 2.25. The van der Waals surface area contributed by atoms with Crippen LogP contribution < -0.4 is 4.74 Å². The van der Waals surface area contributed by atoms with Gasteiger partial charge < -0.3 is 9.29 Å². The standard InChI is InChI=1S/C15H11BrO2S/c16-11-6-7-13-14(10-11)18-9-8-15(13)19(17)12-4-2-1-3-5-12/h1-8,10H,9H2. The van der Waals surface area contributed by atoms with Crippen molar-refractivity contribution in [2.24, 2.45) is 0 Å². The summed E-state index contributed by atoms with van der Waals surface area (Å²) in [5.74, 6) is 0.774. The number of hydrogen-bond acceptors (Lipinski definition) is 2. The number of rotatable bonds is 2. The zero-order chi connectivity index (χ0) is 13.2. The summed E-state index contributed by atoms with van der Waals surface area (Å²) in [6.07, 6.45) is 1.89. The van der Waals surface area contributed by atoms with E-state index in [1.807, 2.05) is 54.6 Å². The highest BCUT2D eigenvalue weighted by molar-refractivity contribution is 9.10. The summed E-state index contributed by atoms with van der Waals surface area (Å²) in [7, 11) is 0. The van der Waals surface area contributed by atoms with Crippen LogP contribution in [0.15, 0.2) is 64.0 Å². The molecule has 2 aromatic rings. The Bertz CT molecular complexity index is 625. The van der Waals surface area contributed by atoms with E-state index in [-0.39, 0.29) is 0 Å². The molecule has 0 saturated carbocycles. The molecule has 0 bridgehead atoms. The van der Waals surface area contributed by atoms with Crippen molar-refractivity contribution in [3.05, 3.63) is 64.6 Å². The SMILES string of the molecule is [O-][S+](C1=CCOc2cc(Br)ccc21)c1ccccc1. The van der Waals surface area contributed by atoms with Crippen LogP contribution in [0.1, 0.15) is 5.56 Å². The van der Waals surface area contributed by atoms with Crippen LogP contribution in [0.4, 0.5) is 0 Å². The molecule has 96 valence electrons. The van der Waals surface area contributed by atoms with Crippen molar-refractivity contribution >= 4 is 32.0 Å². The molecule has 1 atom stereocenters. The Morgan fingerprint density at radius 3 is 2.68 bits per heavy atom. The van der Waals surface area contributed by atoms with Gasteiger partial charge in [0.2, 0.25) is 0 Å². The van der Waals surface area contributed by atoms with Gasteiger partial charge in [0.15, 0.2) is 9.80 Å². The minimum absolute atomic E-state index is 0.456. The van der Waals surface area contributed by atoms with Crippen LogP contribution in [0.25, 0.3) is 4.91 Å². The van der Waals surface area contributed by atoms with Crippen LogP contribution in [0, 0.1) is 0 Å². The van der Waals surface area contributed by atoms with Gasteiger partial charge in [0.25, 0.3) is 0 Å². The number of hydrogen-bond donors (Lipinski definition) is 0. The lowest BCUT2D eigenvalue weighted by Crippen LogP contribution is -2.11. The van der Waals surface area contributed by atoms with Gasteiger partial charge in [-0.05, 0) is 30.3 Å². The van der Waals surface area contributed by atoms with Crippen molar-refractivity contribution in [1.29, 1.82) is 0 Å². The molecule has 1 aliphatic rings. The molecule has 0 radical (unpaired) electrons. The van der Waals surface area contributed by atoms with Gasteiger partial charge in [0, 0.05) is 21.7 Å². The highest BCUT2D eigenvalue weighted by atomic mass is 79.9. The van der Waals surface area contributed by atoms with Crippen molar-refractivity contribution in [3.63, 3.8) is 0 Å². The van der Waals surface area contributed by atoms with Gasteiger partial charge in [-0.25, -0.2) is 0 Å². The fourth-order valence-corrected chi connectivity index (χ4v) is 3.57. The summed E-state index contributed by atoms with van der Waals surface area (Å²) in [4.78, 5) is 1.63. The summed E-state index contributed by atoms with van der Waals surface area (Å²) < 4.78 is 19.2. The van der Waals surface area contributed by atoms with E-state index in [0.29, 0.717) is 6.61 Å². The molecule has 0 aliphatic carbocycles. The van der Waals surface area contributed by atoms with Crippen molar-refractivity contribution in [3.8, 4) is 5.75 Å². The van der Waals surface area contributed by atoms with Crippen molar-refractivity contribution < 1.29 is 9.29 Å². The molecule has 0 fully saturated rings. The van der Waals surface area contributed by atoms with Crippen LogP contribution in [0.2, 0.25) is 0 Å². The van der Waals surface area contributed by atoms with E-state index >= 15 is 0 Å². The second-order valence-electron chi connectivity index (χ2n) is 4.10. The average Bonchev–Trinajstić information content (AvgIpc) is 2.46. The smallest absolute Gasteiger partial charge is 0.168 e. The second-order valence-corrected chi connectivity index (χ2v) is 6.47. The van der Waals surface area contributed by atoms with Gasteiger partial charge >= 0.3 is 0 Å². The number of ether oxygens (including phenoxy) is 1. The predicted molar refractivity (Wildman–Crippen MR) is 80.5 cm³/mol. The lowest BCUT2D eigenvalue weighted by atomic mass is 10.1. The first kappa shape index (κ1) is 12.8. The Morgan fingerprint density at radius 1 is 1.11 bits per heavy atom. The van der Waals surface area contributed by atoms with Gasteiger partial charge in [0.05, 0.1) is 5.56 Å². The monoisotopic (exact) mass is 334 g/mol. The molecule has 2 aromatic carbocycles. The molecule has 3 rings (SSSR count). The molecule has 0 aromatic heterocycles. The third-order valence-corrected chi connectivity index (χ3v) is 4.85. The molecule has 0 spiro atoms. The average molecular weight is 335 g/mol. The maximum Gasteiger partial charge on any atom is 0.168 e. The summed E-state index contributed by atoms with van der Waals surface area (Å²) >= 11 is 2.24. The fraction of sp³-hybridized carbons (Fsp3) is 0.0667. The van der Waals surface area contributed by atoms with Crippen molar-refractivity contribution in [1.82, 2.24) is 0 Å². The molecule has 2 nitrogen and oxygen atoms in total. The van der Waals surface area contributed by atoms with E-state index in [2.05, 4.69) is 15.9 Å². The summed E-state index contributed by atoms with van der Waals surface area (Å²) in [5, 5.41) is 0. The molecule has 1 heterocycles. The van der Waals surface area contributed by atoms with Crippen LogP contribution in [-0.2, 0) is 11.2 Å². The Balaban J connectivity index is 2.01. The Kier molecular flexibility index (Phi) is 3.64. The molecule has 0 saturated heterocycles. The van der Waals surface area contributed by atoms with Crippen LogP contribution in [0.3, 0.4) is 0 Å². The lowest BCUT2D eigenvalue weighted by Gasteiger charge is -2.20. The first-order valence-electron chi connectivity index (χ1n) is 5.85. The topological polar surface area (TPSA) is 32.3 Å². The van der Waals surface area contributed by atoms with E-state index < -0.39 is 11.2 Å². The maximum absolute atomic E-state index is 12.6. The van der Waals surface area contributed by atoms with Gasteiger partial charge in [-0.2, -0.15) is 0 Å². The van der Waals surface area contributed by atoms with Crippen LogP contribution in [-0.4, -0.2) is 11.2 Å². The predicted octanol–water partition coefficient (Wildman–Crippen LogP) is 3.99. The van der Waals surface area contributed by atoms with Crippen LogP contribution >= 0.6 is 15.9 Å². The van der Waals surface area contributed by atoms with Gasteiger partial charge in [-0.15, -0.1) is 0 Å². The van der Waals surface area contributed by atoms with Crippen molar-refractivity contribution in [2.75, 3.05) is 6.61 Å². The molecule has 1 aliphatic heterocycles. The van der Waals surface area contributed by atoms with Crippen LogP contribution in [0.5, 0.6) is 5.75 Å². The number of halogens is 1. The Hall–Kier alpha value is -1.23. The number of fused-ring (bicyclic) bond motifs is 1. The number of benzene rings is 2. The molecular formula is C15H11BrO2S. The Morgan fingerprint density at radius 2 is 1.89 bits per heavy atom. The second kappa shape index (κ2) is 5.41. The maximum atomic E-state index is 12.6. The minimum Gasteiger partial charge on any atom is -0.606 e.